The van der Waals surface area contributed by atoms with E-state index in [9.17, 15) is 18.8 Å². The second kappa shape index (κ2) is 6.36. The maximum absolute atomic E-state index is 14.0. The first-order valence-electron chi connectivity index (χ1n) is 7.35. The molecular weight excluding hydrogens is 301 g/mol. The highest BCUT2D eigenvalue weighted by molar-refractivity contribution is 5.98. The van der Waals surface area contributed by atoms with Crippen molar-refractivity contribution in [2.45, 2.75) is 20.3 Å². The quantitative estimate of drug-likeness (QED) is 0.883. The lowest BCUT2D eigenvalue weighted by atomic mass is 9.89. The molecule has 1 atom stereocenters. The molecule has 23 heavy (non-hydrogen) atoms. The minimum absolute atomic E-state index is 0.114. The van der Waals surface area contributed by atoms with Gasteiger partial charge in [0.05, 0.1) is 11.0 Å². The number of nitrogens with zero attached hydrogens (tertiary/aromatic N) is 1. The summed E-state index contributed by atoms with van der Waals surface area (Å²) >= 11 is 0. The number of carbonyl (C=O) groups excluding carboxylic acids is 3. The average molecular weight is 321 g/mol. The van der Waals surface area contributed by atoms with Crippen molar-refractivity contribution < 1.29 is 18.8 Å². The fourth-order valence-corrected chi connectivity index (χ4v) is 2.76. The molecule has 1 saturated heterocycles. The smallest absolute Gasteiger partial charge is 0.256 e. The second-order valence-corrected chi connectivity index (χ2v) is 5.99. The van der Waals surface area contributed by atoms with Crippen LogP contribution in [0.25, 0.3) is 0 Å². The van der Waals surface area contributed by atoms with Crippen molar-refractivity contribution >= 4 is 23.4 Å². The number of hydrogen-bond donors (Lipinski definition) is 2. The molecule has 1 fully saturated rings. The fraction of sp³-hybridized carbons (Fsp3) is 0.438. The van der Waals surface area contributed by atoms with E-state index in [2.05, 4.69) is 10.6 Å². The normalized spacial score (nSPS) is 20.3. The molecule has 0 unspecified atom stereocenters. The molecular formula is C16H20FN3O3. The molecule has 0 radical (unpaired) electrons. The van der Waals surface area contributed by atoms with Crippen molar-refractivity contribution in [2.24, 2.45) is 5.41 Å². The van der Waals surface area contributed by atoms with E-state index < -0.39 is 17.1 Å². The zero-order valence-electron chi connectivity index (χ0n) is 13.4. The number of likely N-dealkylation sites (tertiary alicyclic amines) is 1. The lowest BCUT2D eigenvalue weighted by Crippen LogP contribution is -2.40. The maximum Gasteiger partial charge on any atom is 0.256 e. The molecule has 2 N–H and O–H groups in total. The van der Waals surface area contributed by atoms with Gasteiger partial charge < -0.3 is 15.5 Å². The summed E-state index contributed by atoms with van der Waals surface area (Å²) in [6, 6.07) is 3.85. The largest absolute Gasteiger partial charge is 0.359 e. The molecule has 1 heterocycles. The van der Waals surface area contributed by atoms with Crippen LogP contribution in [0.15, 0.2) is 18.2 Å². The zero-order valence-corrected chi connectivity index (χ0v) is 13.4. The Morgan fingerprint density at radius 2 is 2.00 bits per heavy atom. The maximum atomic E-state index is 14.0. The summed E-state index contributed by atoms with van der Waals surface area (Å²) < 4.78 is 14.0. The molecule has 6 nitrogen and oxygen atoms in total. The Hall–Kier alpha value is -2.44. The van der Waals surface area contributed by atoms with Gasteiger partial charge in [-0.15, -0.1) is 0 Å². The van der Waals surface area contributed by atoms with Crippen LogP contribution in [0.4, 0.5) is 10.1 Å². The van der Waals surface area contributed by atoms with Crippen molar-refractivity contribution in [3.63, 3.8) is 0 Å². The van der Waals surface area contributed by atoms with Crippen molar-refractivity contribution in [3.05, 3.63) is 29.6 Å². The first-order chi connectivity index (χ1) is 10.8. The van der Waals surface area contributed by atoms with Crippen LogP contribution in [0.5, 0.6) is 0 Å². The van der Waals surface area contributed by atoms with Crippen LogP contribution in [-0.4, -0.2) is 42.8 Å². The lowest BCUT2D eigenvalue weighted by molar-refractivity contribution is -0.128. The molecule has 1 aromatic carbocycles. The van der Waals surface area contributed by atoms with Crippen LogP contribution in [0.1, 0.15) is 30.6 Å². The Kier molecular flexibility index (Phi) is 4.68. The van der Waals surface area contributed by atoms with E-state index in [1.165, 1.54) is 24.0 Å². The Bertz CT molecular complexity index is 662. The molecule has 3 amide bonds. The number of halogens is 1. The van der Waals surface area contributed by atoms with Gasteiger partial charge in [0.15, 0.2) is 0 Å². The lowest BCUT2D eigenvalue weighted by Gasteiger charge is -2.23. The SMILES string of the molecule is CNC(=O)[C@]1(C)CCN(C(=O)c2cc(NC(C)=O)ccc2F)C1. The van der Waals surface area contributed by atoms with Crippen molar-refractivity contribution in [1.82, 2.24) is 10.2 Å². The monoisotopic (exact) mass is 321 g/mol. The number of anilines is 1. The molecule has 0 aliphatic carbocycles. The molecule has 0 bridgehead atoms. The van der Waals surface area contributed by atoms with Gasteiger partial charge in [-0.25, -0.2) is 4.39 Å². The van der Waals surface area contributed by atoms with Gasteiger partial charge >= 0.3 is 0 Å². The predicted octanol–water partition coefficient (Wildman–Crippen LogP) is 1.38. The number of hydrogen-bond acceptors (Lipinski definition) is 3. The molecule has 7 heteroatoms. The summed E-state index contributed by atoms with van der Waals surface area (Å²) in [5.41, 5.74) is -0.427. The predicted molar refractivity (Wildman–Crippen MR) is 83.4 cm³/mol. The van der Waals surface area contributed by atoms with E-state index in [-0.39, 0.29) is 23.9 Å². The summed E-state index contributed by atoms with van der Waals surface area (Å²) in [5, 5.41) is 5.11. The minimum Gasteiger partial charge on any atom is -0.359 e. The molecule has 1 aliphatic rings. The van der Waals surface area contributed by atoms with Gasteiger partial charge in [-0.3, -0.25) is 14.4 Å². The average Bonchev–Trinajstić information content (AvgIpc) is 2.91. The van der Waals surface area contributed by atoms with Crippen LogP contribution >= 0.6 is 0 Å². The Morgan fingerprint density at radius 1 is 1.30 bits per heavy atom. The topological polar surface area (TPSA) is 78.5 Å². The van der Waals surface area contributed by atoms with Crippen LogP contribution in [0, 0.1) is 11.2 Å². The van der Waals surface area contributed by atoms with Crippen molar-refractivity contribution in [2.75, 3.05) is 25.5 Å². The Labute approximate surface area is 134 Å². The van der Waals surface area contributed by atoms with E-state index >= 15 is 0 Å². The van der Waals surface area contributed by atoms with E-state index in [1.54, 1.807) is 14.0 Å². The highest BCUT2D eigenvalue weighted by atomic mass is 19.1. The van der Waals surface area contributed by atoms with E-state index in [0.29, 0.717) is 18.7 Å². The molecule has 1 aliphatic heterocycles. The molecule has 2 rings (SSSR count). The first-order valence-corrected chi connectivity index (χ1v) is 7.35. The third-order valence-corrected chi connectivity index (χ3v) is 4.05. The molecule has 0 saturated carbocycles. The van der Waals surface area contributed by atoms with Gasteiger partial charge in [0.25, 0.3) is 5.91 Å². The number of rotatable bonds is 3. The highest BCUT2D eigenvalue weighted by Gasteiger charge is 2.42. The van der Waals surface area contributed by atoms with Gasteiger partial charge in [-0.05, 0) is 31.5 Å². The van der Waals surface area contributed by atoms with Gasteiger partial charge in [-0.1, -0.05) is 0 Å². The third kappa shape index (κ3) is 3.49. The van der Waals surface area contributed by atoms with Gasteiger partial charge in [0, 0.05) is 32.7 Å². The fourth-order valence-electron chi connectivity index (χ4n) is 2.76. The molecule has 0 spiro atoms. The summed E-state index contributed by atoms with van der Waals surface area (Å²) in [6.45, 7) is 3.73. The van der Waals surface area contributed by atoms with Gasteiger partial charge in [0.1, 0.15) is 5.82 Å². The van der Waals surface area contributed by atoms with Crippen molar-refractivity contribution in [1.29, 1.82) is 0 Å². The minimum atomic E-state index is -0.671. The van der Waals surface area contributed by atoms with E-state index in [1.807, 2.05) is 0 Å². The number of benzene rings is 1. The van der Waals surface area contributed by atoms with E-state index in [0.717, 1.165) is 6.07 Å². The van der Waals surface area contributed by atoms with Gasteiger partial charge in [0.2, 0.25) is 11.8 Å². The van der Waals surface area contributed by atoms with Crippen LogP contribution < -0.4 is 10.6 Å². The highest BCUT2D eigenvalue weighted by Crippen LogP contribution is 2.31. The summed E-state index contributed by atoms with van der Waals surface area (Å²) in [6.07, 6.45) is 0.519. The van der Waals surface area contributed by atoms with Crippen LogP contribution in [0.2, 0.25) is 0 Å². The standard InChI is InChI=1S/C16H20FN3O3/c1-10(21)19-11-4-5-13(17)12(8-11)14(22)20-7-6-16(2,9-20)15(23)18-3/h4-5,8H,6-7,9H2,1-3H3,(H,18,23)(H,19,21)/t16-/m1/s1. The Morgan fingerprint density at radius 3 is 2.61 bits per heavy atom. The number of carbonyl (C=O) groups is 3. The van der Waals surface area contributed by atoms with Crippen molar-refractivity contribution in [3.8, 4) is 0 Å². The van der Waals surface area contributed by atoms with E-state index in [4.69, 9.17) is 0 Å². The second-order valence-electron chi connectivity index (χ2n) is 5.99. The zero-order chi connectivity index (χ0) is 17.2. The Balaban J connectivity index is 2.21. The van der Waals surface area contributed by atoms with Crippen LogP contribution in [-0.2, 0) is 9.59 Å². The summed E-state index contributed by atoms with van der Waals surface area (Å²) in [7, 11) is 1.55. The molecule has 124 valence electrons. The summed E-state index contributed by atoms with van der Waals surface area (Å²) in [4.78, 5) is 37.0. The first kappa shape index (κ1) is 16.9. The van der Waals surface area contributed by atoms with Crippen LogP contribution in [0.3, 0.4) is 0 Å². The molecule has 1 aromatic rings. The third-order valence-electron chi connectivity index (χ3n) is 4.05. The van der Waals surface area contributed by atoms with Gasteiger partial charge in [-0.2, -0.15) is 0 Å². The molecule has 0 aromatic heterocycles. The summed E-state index contributed by atoms with van der Waals surface area (Å²) in [5.74, 6) is -1.58. The number of amides is 3. The number of nitrogens with one attached hydrogen (secondary N) is 2.